The first-order valence-corrected chi connectivity index (χ1v) is 9.81. The normalized spacial score (nSPS) is 16.7. The van der Waals surface area contributed by atoms with Crippen molar-refractivity contribution >= 4 is 11.8 Å². The predicted octanol–water partition coefficient (Wildman–Crippen LogP) is 4.22. The minimum absolute atomic E-state index is 0.249. The molecule has 0 radical (unpaired) electrons. The maximum Gasteiger partial charge on any atom is 0.336 e. The maximum absolute atomic E-state index is 11.5. The summed E-state index contributed by atoms with van der Waals surface area (Å²) < 4.78 is 0. The molecule has 0 unspecified atom stereocenters. The highest BCUT2D eigenvalue weighted by Gasteiger charge is 2.29. The second kappa shape index (κ2) is 8.41. The fraction of sp³-hybridized carbons (Fsp3) is 0.261. The number of carboxylic acids is 1. The first-order chi connectivity index (χ1) is 14.2. The van der Waals surface area contributed by atoms with Crippen LogP contribution in [0.2, 0.25) is 0 Å². The number of aromatic carboxylic acids is 1. The molecule has 2 heterocycles. The van der Waals surface area contributed by atoms with E-state index in [0.717, 1.165) is 48.6 Å². The van der Waals surface area contributed by atoms with Gasteiger partial charge in [-0.2, -0.15) is 0 Å². The van der Waals surface area contributed by atoms with Crippen LogP contribution in [0.25, 0.3) is 11.1 Å². The van der Waals surface area contributed by atoms with Crippen molar-refractivity contribution in [2.75, 3.05) is 18.9 Å². The summed E-state index contributed by atoms with van der Waals surface area (Å²) in [5.41, 5.74) is 4.17. The van der Waals surface area contributed by atoms with Crippen molar-refractivity contribution in [1.82, 2.24) is 14.9 Å². The van der Waals surface area contributed by atoms with Crippen LogP contribution in [0.15, 0.2) is 60.9 Å². The molecule has 1 aromatic heterocycles. The molecule has 1 fully saturated rings. The maximum atomic E-state index is 11.5. The van der Waals surface area contributed by atoms with E-state index in [1.54, 1.807) is 24.5 Å². The lowest BCUT2D eigenvalue weighted by Crippen LogP contribution is -2.24. The first-order valence-electron chi connectivity index (χ1n) is 9.81. The van der Waals surface area contributed by atoms with Gasteiger partial charge in [0.2, 0.25) is 0 Å². The van der Waals surface area contributed by atoms with E-state index in [1.807, 2.05) is 31.3 Å². The van der Waals surface area contributed by atoms with Gasteiger partial charge in [-0.15, -0.1) is 0 Å². The van der Waals surface area contributed by atoms with Crippen LogP contribution < -0.4 is 5.32 Å². The second-order valence-corrected chi connectivity index (χ2v) is 7.22. The van der Waals surface area contributed by atoms with E-state index >= 15 is 0 Å². The molecule has 6 heteroatoms. The van der Waals surface area contributed by atoms with Gasteiger partial charge in [0.1, 0.15) is 5.82 Å². The smallest absolute Gasteiger partial charge is 0.336 e. The molecule has 0 spiro atoms. The molecule has 1 atom stereocenters. The number of nitrogens with one attached hydrogen (secondary N) is 1. The molecule has 4 rings (SSSR count). The van der Waals surface area contributed by atoms with E-state index in [9.17, 15) is 9.90 Å². The van der Waals surface area contributed by atoms with Crippen LogP contribution in [0.4, 0.5) is 5.82 Å². The highest BCUT2D eigenvalue weighted by Crippen LogP contribution is 2.35. The SMILES string of the molecule is CNc1nccnc1[C@@H]1CCCN1Cc1ccc(-c2ccccc2C(=O)O)cc1. The standard InChI is InChI=1S/C23H24N4O2/c1-24-22-21(25-12-13-26-22)20-7-4-14-27(20)15-16-8-10-17(11-9-16)18-5-2-3-6-19(18)23(28)29/h2-3,5-6,8-13,20H,4,7,14-15H2,1H3,(H,24,26)(H,28,29)/t20-/m0/s1. The topological polar surface area (TPSA) is 78.4 Å². The van der Waals surface area contributed by atoms with Gasteiger partial charge in [0.15, 0.2) is 0 Å². The number of nitrogens with zero attached hydrogens (tertiary/aromatic N) is 3. The Kier molecular flexibility index (Phi) is 5.53. The third kappa shape index (κ3) is 3.98. The summed E-state index contributed by atoms with van der Waals surface area (Å²) in [7, 11) is 1.88. The molecule has 3 aromatic rings. The molecule has 6 nitrogen and oxygen atoms in total. The van der Waals surface area contributed by atoms with Crippen molar-refractivity contribution in [3.8, 4) is 11.1 Å². The van der Waals surface area contributed by atoms with Crippen molar-refractivity contribution < 1.29 is 9.90 Å². The Hall–Kier alpha value is -3.25. The van der Waals surface area contributed by atoms with Crippen LogP contribution in [0.5, 0.6) is 0 Å². The number of likely N-dealkylation sites (tertiary alicyclic amines) is 1. The summed E-state index contributed by atoms with van der Waals surface area (Å²) in [6.45, 7) is 1.85. The zero-order valence-corrected chi connectivity index (χ0v) is 16.4. The van der Waals surface area contributed by atoms with Crippen molar-refractivity contribution in [3.05, 3.63) is 77.7 Å². The monoisotopic (exact) mass is 388 g/mol. The molecular weight excluding hydrogens is 364 g/mol. The Morgan fingerprint density at radius 3 is 2.66 bits per heavy atom. The average molecular weight is 388 g/mol. The molecule has 1 aliphatic heterocycles. The van der Waals surface area contributed by atoms with Crippen LogP contribution in [0.3, 0.4) is 0 Å². The van der Waals surface area contributed by atoms with Crippen LogP contribution in [0.1, 0.15) is 40.5 Å². The Balaban J connectivity index is 1.54. The van der Waals surface area contributed by atoms with Crippen molar-refractivity contribution in [1.29, 1.82) is 0 Å². The van der Waals surface area contributed by atoms with E-state index in [0.29, 0.717) is 5.56 Å². The number of benzene rings is 2. The molecule has 1 aliphatic rings. The fourth-order valence-corrected chi connectivity index (χ4v) is 4.06. The van der Waals surface area contributed by atoms with E-state index in [-0.39, 0.29) is 6.04 Å². The summed E-state index contributed by atoms with van der Waals surface area (Å²) in [4.78, 5) is 22.9. The molecule has 0 amide bonds. The van der Waals surface area contributed by atoms with Crippen LogP contribution >= 0.6 is 0 Å². The molecule has 148 valence electrons. The van der Waals surface area contributed by atoms with E-state index in [1.165, 1.54) is 5.56 Å². The minimum atomic E-state index is -0.908. The van der Waals surface area contributed by atoms with Gasteiger partial charge < -0.3 is 10.4 Å². The number of rotatable bonds is 6. The zero-order valence-electron chi connectivity index (χ0n) is 16.4. The zero-order chi connectivity index (χ0) is 20.2. The van der Waals surface area contributed by atoms with Crippen LogP contribution in [-0.2, 0) is 6.54 Å². The quantitative estimate of drug-likeness (QED) is 0.658. The number of hydrogen-bond donors (Lipinski definition) is 2. The Morgan fingerprint density at radius 1 is 1.14 bits per heavy atom. The van der Waals surface area contributed by atoms with Crippen molar-refractivity contribution in [3.63, 3.8) is 0 Å². The summed E-state index contributed by atoms with van der Waals surface area (Å²) in [5, 5.41) is 12.6. The van der Waals surface area contributed by atoms with Gasteiger partial charge in [-0.05, 0) is 42.1 Å². The van der Waals surface area contributed by atoms with Gasteiger partial charge in [0.05, 0.1) is 17.3 Å². The summed E-state index contributed by atoms with van der Waals surface area (Å²) in [6.07, 6.45) is 5.66. The third-order valence-corrected chi connectivity index (χ3v) is 5.45. The highest BCUT2D eigenvalue weighted by atomic mass is 16.4. The van der Waals surface area contributed by atoms with Gasteiger partial charge in [-0.25, -0.2) is 9.78 Å². The molecule has 2 aromatic carbocycles. The van der Waals surface area contributed by atoms with Gasteiger partial charge in [-0.1, -0.05) is 42.5 Å². The van der Waals surface area contributed by atoms with Crippen LogP contribution in [-0.4, -0.2) is 39.5 Å². The van der Waals surface area contributed by atoms with Crippen molar-refractivity contribution in [2.24, 2.45) is 0 Å². The Labute approximate surface area is 170 Å². The third-order valence-electron chi connectivity index (χ3n) is 5.45. The molecule has 0 saturated carbocycles. The van der Waals surface area contributed by atoms with Crippen molar-refractivity contribution in [2.45, 2.75) is 25.4 Å². The van der Waals surface area contributed by atoms with E-state index in [4.69, 9.17) is 0 Å². The lowest BCUT2D eigenvalue weighted by atomic mass is 9.98. The molecule has 29 heavy (non-hydrogen) atoms. The van der Waals surface area contributed by atoms with E-state index in [2.05, 4.69) is 32.3 Å². The number of carbonyl (C=O) groups is 1. The minimum Gasteiger partial charge on any atom is -0.478 e. The Morgan fingerprint density at radius 2 is 1.90 bits per heavy atom. The molecule has 0 bridgehead atoms. The van der Waals surface area contributed by atoms with Gasteiger partial charge in [-0.3, -0.25) is 9.88 Å². The lowest BCUT2D eigenvalue weighted by Gasteiger charge is -2.25. The number of anilines is 1. The summed E-state index contributed by atoms with van der Waals surface area (Å²) >= 11 is 0. The lowest BCUT2D eigenvalue weighted by molar-refractivity contribution is 0.0697. The predicted molar refractivity (Wildman–Crippen MR) is 113 cm³/mol. The summed E-state index contributed by atoms with van der Waals surface area (Å²) in [5.74, 6) is -0.0704. The Bertz CT molecular complexity index is 1000. The highest BCUT2D eigenvalue weighted by molar-refractivity contribution is 5.95. The van der Waals surface area contributed by atoms with Crippen LogP contribution in [0, 0.1) is 0 Å². The number of carboxylic acid groups (broad SMARTS) is 1. The fourth-order valence-electron chi connectivity index (χ4n) is 4.06. The second-order valence-electron chi connectivity index (χ2n) is 7.22. The largest absolute Gasteiger partial charge is 0.478 e. The van der Waals surface area contributed by atoms with Gasteiger partial charge in [0, 0.05) is 26.0 Å². The molecule has 0 aliphatic carbocycles. The summed E-state index contributed by atoms with van der Waals surface area (Å²) in [6, 6.07) is 15.5. The molecule has 2 N–H and O–H groups in total. The first kappa shape index (κ1) is 19.1. The number of aromatic nitrogens is 2. The molecular formula is C23H24N4O2. The number of hydrogen-bond acceptors (Lipinski definition) is 5. The average Bonchev–Trinajstić information content (AvgIpc) is 3.22. The van der Waals surface area contributed by atoms with E-state index < -0.39 is 5.97 Å². The molecule has 1 saturated heterocycles. The van der Waals surface area contributed by atoms with Gasteiger partial charge >= 0.3 is 5.97 Å². The van der Waals surface area contributed by atoms with Gasteiger partial charge in [0.25, 0.3) is 0 Å².